The van der Waals surface area contributed by atoms with Crippen molar-refractivity contribution >= 4 is 17.2 Å². The summed E-state index contributed by atoms with van der Waals surface area (Å²) in [5, 5.41) is 4.88. The van der Waals surface area contributed by atoms with Gasteiger partial charge in [0.25, 0.3) is 0 Å². The summed E-state index contributed by atoms with van der Waals surface area (Å²) in [5.41, 5.74) is 1.66. The van der Waals surface area contributed by atoms with Gasteiger partial charge in [-0.25, -0.2) is 0 Å². The molecule has 2 aromatic heterocycles. The highest BCUT2D eigenvalue weighted by atomic mass is 32.1. The first kappa shape index (κ1) is 20.7. The largest absolute Gasteiger partial charge is 0.382 e. The highest BCUT2D eigenvalue weighted by Gasteiger charge is 2.25. The Morgan fingerprint density at radius 2 is 2.18 bits per heavy atom. The third-order valence-corrected chi connectivity index (χ3v) is 5.74. The van der Waals surface area contributed by atoms with Gasteiger partial charge in [0, 0.05) is 50.3 Å². The molecule has 0 unspecified atom stereocenters. The van der Waals surface area contributed by atoms with Gasteiger partial charge in [-0.15, -0.1) is 0 Å². The fraction of sp³-hybridized carbons (Fsp3) is 0.550. The van der Waals surface area contributed by atoms with Crippen LogP contribution in [0.25, 0.3) is 11.4 Å². The molecule has 8 heteroatoms. The summed E-state index contributed by atoms with van der Waals surface area (Å²) >= 11 is 1.20. The van der Waals surface area contributed by atoms with Gasteiger partial charge in [-0.05, 0) is 38.3 Å². The maximum absolute atomic E-state index is 12.3. The fourth-order valence-corrected chi connectivity index (χ4v) is 4.13. The number of nitrogens with one attached hydrogen (secondary N) is 1. The number of aromatic nitrogens is 2. The quantitative estimate of drug-likeness (QED) is 0.649. The average Bonchev–Trinajstić information content (AvgIpc) is 3.09. The first-order chi connectivity index (χ1) is 13.7. The van der Waals surface area contributed by atoms with Crippen LogP contribution in [0.5, 0.6) is 0 Å². The van der Waals surface area contributed by atoms with E-state index in [-0.39, 0.29) is 16.7 Å². The lowest BCUT2D eigenvalue weighted by molar-refractivity contribution is -0.126. The Kier molecular flexibility index (Phi) is 7.76. The van der Waals surface area contributed by atoms with E-state index in [0.29, 0.717) is 26.4 Å². The molecule has 3 heterocycles. The van der Waals surface area contributed by atoms with Crippen LogP contribution in [-0.4, -0.2) is 53.2 Å². The molecule has 1 aliphatic rings. The van der Waals surface area contributed by atoms with Crippen molar-refractivity contribution < 1.29 is 9.53 Å². The van der Waals surface area contributed by atoms with Crippen molar-refractivity contribution in [2.24, 2.45) is 5.92 Å². The molecule has 1 aliphatic heterocycles. The number of thiazole rings is 1. The second-order valence-corrected chi connectivity index (χ2v) is 7.73. The minimum absolute atomic E-state index is 0.0230. The lowest BCUT2D eigenvalue weighted by Crippen LogP contribution is -2.42. The van der Waals surface area contributed by atoms with Crippen LogP contribution in [0.4, 0.5) is 0 Å². The van der Waals surface area contributed by atoms with Crippen LogP contribution in [0.15, 0.2) is 34.6 Å². The van der Waals surface area contributed by atoms with Crippen LogP contribution in [-0.2, 0) is 16.2 Å². The van der Waals surface area contributed by atoms with Crippen molar-refractivity contribution in [1.29, 1.82) is 0 Å². The molecule has 0 spiro atoms. The van der Waals surface area contributed by atoms with Crippen molar-refractivity contribution in [3.63, 3.8) is 0 Å². The number of nitrogens with zero attached hydrogens (tertiary/aromatic N) is 3. The SMILES string of the molecule is CCOCCCNC(=O)C1CCN(Cn2c(-c3ccccn3)csc2=O)CC1. The Bertz CT molecular complexity index is 797. The lowest BCUT2D eigenvalue weighted by atomic mass is 9.96. The van der Waals surface area contributed by atoms with Crippen LogP contribution in [0.1, 0.15) is 26.2 Å². The van der Waals surface area contributed by atoms with Crippen LogP contribution < -0.4 is 10.2 Å². The van der Waals surface area contributed by atoms with Gasteiger partial charge >= 0.3 is 4.87 Å². The van der Waals surface area contributed by atoms with Gasteiger partial charge in [0.05, 0.1) is 18.1 Å². The third-order valence-electron chi connectivity index (χ3n) is 4.98. The summed E-state index contributed by atoms with van der Waals surface area (Å²) in [4.78, 5) is 31.2. The molecule has 0 saturated carbocycles. The van der Waals surface area contributed by atoms with Crippen LogP contribution >= 0.6 is 11.3 Å². The predicted molar refractivity (Wildman–Crippen MR) is 110 cm³/mol. The van der Waals surface area contributed by atoms with E-state index in [1.54, 1.807) is 10.8 Å². The molecule has 2 aromatic rings. The normalized spacial score (nSPS) is 15.6. The number of ether oxygens (including phenoxy) is 1. The Morgan fingerprint density at radius 1 is 1.36 bits per heavy atom. The summed E-state index contributed by atoms with van der Waals surface area (Å²) in [6.45, 7) is 6.18. The molecule has 28 heavy (non-hydrogen) atoms. The van der Waals surface area contributed by atoms with Crippen molar-refractivity contribution in [3.05, 3.63) is 39.4 Å². The number of carbonyl (C=O) groups is 1. The van der Waals surface area contributed by atoms with Gasteiger partial charge in [0.2, 0.25) is 5.91 Å². The fourth-order valence-electron chi connectivity index (χ4n) is 3.39. The van der Waals surface area contributed by atoms with Crippen molar-refractivity contribution in [3.8, 4) is 11.4 Å². The van der Waals surface area contributed by atoms with E-state index in [1.165, 1.54) is 11.3 Å². The van der Waals surface area contributed by atoms with E-state index >= 15 is 0 Å². The molecule has 0 aromatic carbocycles. The van der Waals surface area contributed by atoms with E-state index in [2.05, 4.69) is 15.2 Å². The molecule has 1 amide bonds. The summed E-state index contributed by atoms with van der Waals surface area (Å²) in [6.07, 6.45) is 4.21. The van der Waals surface area contributed by atoms with Gasteiger partial charge in [0.1, 0.15) is 0 Å². The summed E-state index contributed by atoms with van der Waals surface area (Å²) in [6, 6.07) is 5.71. The van der Waals surface area contributed by atoms with Crippen LogP contribution in [0.2, 0.25) is 0 Å². The Labute approximate surface area is 169 Å². The highest BCUT2D eigenvalue weighted by Crippen LogP contribution is 2.21. The van der Waals surface area contributed by atoms with Crippen molar-refractivity contribution in [2.75, 3.05) is 32.8 Å². The maximum Gasteiger partial charge on any atom is 0.308 e. The minimum Gasteiger partial charge on any atom is -0.382 e. The molecule has 3 rings (SSSR count). The zero-order valence-electron chi connectivity index (χ0n) is 16.3. The molecule has 152 valence electrons. The summed E-state index contributed by atoms with van der Waals surface area (Å²) < 4.78 is 7.07. The minimum atomic E-state index is 0.0230. The Morgan fingerprint density at radius 3 is 2.89 bits per heavy atom. The van der Waals surface area contributed by atoms with Crippen LogP contribution in [0.3, 0.4) is 0 Å². The number of piperidine rings is 1. The highest BCUT2D eigenvalue weighted by molar-refractivity contribution is 7.07. The maximum atomic E-state index is 12.3. The zero-order valence-corrected chi connectivity index (χ0v) is 17.1. The standard InChI is InChI=1S/C20H28N4O3S/c1-2-27-13-5-10-22-19(25)16-7-11-23(12-8-16)15-24-18(14-28-20(24)26)17-6-3-4-9-21-17/h3-4,6,9,14,16H,2,5,7-8,10-13,15H2,1H3,(H,22,25). The molecule has 7 nitrogen and oxygen atoms in total. The van der Waals surface area contributed by atoms with E-state index in [0.717, 1.165) is 43.7 Å². The number of likely N-dealkylation sites (tertiary alicyclic amines) is 1. The Balaban J connectivity index is 1.49. The smallest absolute Gasteiger partial charge is 0.308 e. The average molecular weight is 405 g/mol. The second-order valence-electron chi connectivity index (χ2n) is 6.91. The molecule has 1 N–H and O–H groups in total. The summed E-state index contributed by atoms with van der Waals surface area (Å²) in [5.74, 6) is 0.191. The van der Waals surface area contributed by atoms with Crippen molar-refractivity contribution in [2.45, 2.75) is 32.9 Å². The molecule has 0 radical (unpaired) electrons. The lowest BCUT2D eigenvalue weighted by Gasteiger charge is -2.31. The van der Waals surface area contributed by atoms with E-state index in [1.807, 2.05) is 30.5 Å². The van der Waals surface area contributed by atoms with E-state index in [4.69, 9.17) is 4.74 Å². The van der Waals surface area contributed by atoms with Gasteiger partial charge in [-0.2, -0.15) is 0 Å². The molecular formula is C20H28N4O3S. The van der Waals surface area contributed by atoms with E-state index in [9.17, 15) is 9.59 Å². The van der Waals surface area contributed by atoms with Crippen molar-refractivity contribution in [1.82, 2.24) is 19.8 Å². The molecule has 1 saturated heterocycles. The Hall–Kier alpha value is -2.03. The number of hydrogen-bond donors (Lipinski definition) is 1. The van der Waals surface area contributed by atoms with Gasteiger partial charge in [-0.3, -0.25) is 24.0 Å². The number of pyridine rings is 1. The molecule has 0 aliphatic carbocycles. The third kappa shape index (κ3) is 5.50. The summed E-state index contributed by atoms with van der Waals surface area (Å²) in [7, 11) is 0. The number of rotatable bonds is 9. The number of hydrogen-bond acceptors (Lipinski definition) is 6. The molecular weight excluding hydrogens is 376 g/mol. The van der Waals surface area contributed by atoms with E-state index < -0.39 is 0 Å². The molecule has 1 fully saturated rings. The first-order valence-corrected chi connectivity index (χ1v) is 10.7. The first-order valence-electron chi connectivity index (χ1n) is 9.86. The monoisotopic (exact) mass is 404 g/mol. The van der Waals surface area contributed by atoms with Gasteiger partial charge in [0.15, 0.2) is 0 Å². The zero-order chi connectivity index (χ0) is 19.8. The number of amides is 1. The van der Waals surface area contributed by atoms with Gasteiger partial charge in [-0.1, -0.05) is 17.4 Å². The number of carbonyl (C=O) groups excluding carboxylic acids is 1. The molecule has 0 bridgehead atoms. The second kappa shape index (κ2) is 10.5. The van der Waals surface area contributed by atoms with Gasteiger partial charge < -0.3 is 10.1 Å². The molecule has 0 atom stereocenters. The topological polar surface area (TPSA) is 76.5 Å². The predicted octanol–water partition coefficient (Wildman–Crippen LogP) is 2.18. The van der Waals surface area contributed by atoms with Crippen LogP contribution in [0, 0.1) is 5.92 Å².